The van der Waals surface area contributed by atoms with Gasteiger partial charge < -0.3 is 10.2 Å². The van der Waals surface area contributed by atoms with Crippen molar-refractivity contribution in [3.63, 3.8) is 0 Å². The molecule has 5 rings (SSSR count). The van der Waals surface area contributed by atoms with Crippen molar-refractivity contribution in [3.8, 4) is 0 Å². The Morgan fingerprint density at radius 3 is 2.69 bits per heavy atom. The molecule has 1 N–H and O–H groups in total. The number of nitrogens with one attached hydrogen (secondary N) is 1. The summed E-state index contributed by atoms with van der Waals surface area (Å²) in [6.07, 6.45) is 9.38. The quantitative estimate of drug-likeness (QED) is 0.667. The zero-order valence-electron chi connectivity index (χ0n) is 18.2. The van der Waals surface area contributed by atoms with E-state index in [1.165, 1.54) is 5.56 Å². The van der Waals surface area contributed by atoms with E-state index in [0.29, 0.717) is 18.3 Å². The Bertz CT molecular complexity index is 1060. The topological polar surface area (TPSA) is 74.2 Å². The molecule has 7 nitrogen and oxygen atoms in total. The minimum Gasteiger partial charge on any atom is -0.324 e. The van der Waals surface area contributed by atoms with Gasteiger partial charge in [0, 0.05) is 30.5 Å². The van der Waals surface area contributed by atoms with Crippen molar-refractivity contribution in [2.75, 3.05) is 36.4 Å². The number of para-hydroxylation sites is 1. The zero-order valence-corrected chi connectivity index (χ0v) is 18.2. The van der Waals surface area contributed by atoms with Crippen molar-refractivity contribution in [3.05, 3.63) is 72.3 Å². The fraction of sp³-hybridized carbons (Fsp3) is 0.360. The molecule has 2 aromatic heterocycles. The number of carbonyl (C=O) groups excluding carboxylic acids is 1. The first kappa shape index (κ1) is 20.6. The number of anilines is 3. The van der Waals surface area contributed by atoms with Crippen LogP contribution in [0.5, 0.6) is 0 Å². The van der Waals surface area contributed by atoms with Crippen LogP contribution in [0.15, 0.2) is 61.1 Å². The number of pyridine rings is 1. The fourth-order valence-corrected chi connectivity index (χ4v) is 4.66. The third-order valence-corrected chi connectivity index (χ3v) is 6.35. The predicted molar refractivity (Wildman–Crippen MR) is 125 cm³/mol. The Morgan fingerprint density at radius 2 is 1.84 bits per heavy atom. The zero-order chi connectivity index (χ0) is 21.8. The van der Waals surface area contributed by atoms with Crippen molar-refractivity contribution in [2.45, 2.75) is 31.6 Å². The minimum absolute atomic E-state index is 0.206. The molecule has 4 heterocycles. The molecule has 164 valence electrons. The number of aromatic nitrogens is 3. The maximum Gasteiger partial charge on any atom is 0.241 e. The summed E-state index contributed by atoms with van der Waals surface area (Å²) in [6, 6.07) is 14.0. The average molecular weight is 429 g/mol. The summed E-state index contributed by atoms with van der Waals surface area (Å²) in [6.45, 7) is 3.09. The summed E-state index contributed by atoms with van der Waals surface area (Å²) in [4.78, 5) is 30.7. The second kappa shape index (κ2) is 9.44. The molecule has 1 fully saturated rings. The van der Waals surface area contributed by atoms with E-state index in [1.807, 2.05) is 35.4 Å². The van der Waals surface area contributed by atoms with E-state index in [2.05, 4.69) is 38.4 Å². The van der Waals surface area contributed by atoms with Gasteiger partial charge in [-0.3, -0.25) is 14.7 Å². The number of rotatable bonds is 5. The molecule has 0 atom stereocenters. The highest BCUT2D eigenvalue weighted by molar-refractivity contribution is 5.95. The number of fused-ring (bicyclic) bond motifs is 1. The van der Waals surface area contributed by atoms with Crippen molar-refractivity contribution < 1.29 is 4.79 Å². The number of nitrogens with zero attached hydrogens (tertiary/aromatic N) is 5. The number of piperidine rings is 1. The van der Waals surface area contributed by atoms with Gasteiger partial charge in [-0.05, 0) is 62.5 Å². The molecule has 2 aliphatic heterocycles. The van der Waals surface area contributed by atoms with Crippen molar-refractivity contribution in [1.29, 1.82) is 0 Å². The van der Waals surface area contributed by atoms with Crippen LogP contribution in [0.3, 0.4) is 0 Å². The molecule has 0 spiro atoms. The molecule has 0 unspecified atom stereocenters. The molecule has 0 aliphatic carbocycles. The highest BCUT2D eigenvalue weighted by atomic mass is 16.2. The fourth-order valence-electron chi connectivity index (χ4n) is 4.66. The second-order valence-electron chi connectivity index (χ2n) is 8.50. The summed E-state index contributed by atoms with van der Waals surface area (Å²) >= 11 is 0. The lowest BCUT2D eigenvalue weighted by atomic mass is 9.93. The number of likely N-dealkylation sites (tertiary alicyclic amines) is 1. The van der Waals surface area contributed by atoms with Crippen LogP contribution < -0.4 is 10.2 Å². The van der Waals surface area contributed by atoms with E-state index in [1.54, 1.807) is 12.4 Å². The number of carbonyl (C=O) groups is 1. The van der Waals surface area contributed by atoms with E-state index in [4.69, 9.17) is 4.98 Å². The highest BCUT2D eigenvalue weighted by Crippen LogP contribution is 2.29. The van der Waals surface area contributed by atoms with Gasteiger partial charge in [-0.2, -0.15) is 0 Å². The molecule has 3 aromatic rings. The number of amides is 1. The second-order valence-corrected chi connectivity index (χ2v) is 8.50. The van der Waals surface area contributed by atoms with Crippen molar-refractivity contribution in [1.82, 2.24) is 19.9 Å². The van der Waals surface area contributed by atoms with E-state index in [9.17, 15) is 4.79 Å². The Balaban J connectivity index is 1.17. The molecule has 32 heavy (non-hydrogen) atoms. The van der Waals surface area contributed by atoms with Crippen molar-refractivity contribution in [2.24, 2.45) is 0 Å². The predicted octanol–water partition coefficient (Wildman–Crippen LogP) is 3.77. The van der Waals surface area contributed by atoms with Crippen LogP contribution in [0, 0.1) is 0 Å². The first-order valence-corrected chi connectivity index (χ1v) is 11.4. The SMILES string of the molecule is O=C(CN1CCC(c2cncc(Nc3ccccn3)n2)CC1)N1CCCc2ccccc21. The van der Waals surface area contributed by atoms with Gasteiger partial charge in [-0.15, -0.1) is 0 Å². The van der Waals surface area contributed by atoms with E-state index in [-0.39, 0.29) is 5.91 Å². The Labute approximate surface area is 188 Å². The molecule has 0 bridgehead atoms. The summed E-state index contributed by atoms with van der Waals surface area (Å²) in [5.41, 5.74) is 3.37. The first-order chi connectivity index (χ1) is 15.8. The largest absolute Gasteiger partial charge is 0.324 e. The lowest BCUT2D eigenvalue weighted by Gasteiger charge is -2.34. The van der Waals surface area contributed by atoms with Gasteiger partial charge in [0.25, 0.3) is 0 Å². The van der Waals surface area contributed by atoms with E-state index < -0.39 is 0 Å². The maximum absolute atomic E-state index is 13.0. The molecular formula is C25H28N6O. The van der Waals surface area contributed by atoms with Gasteiger partial charge in [-0.25, -0.2) is 9.97 Å². The van der Waals surface area contributed by atoms with Crippen LogP contribution in [-0.4, -0.2) is 51.9 Å². The lowest BCUT2D eigenvalue weighted by molar-refractivity contribution is -0.120. The molecule has 1 amide bonds. The summed E-state index contributed by atoms with van der Waals surface area (Å²) < 4.78 is 0. The van der Waals surface area contributed by atoms with Gasteiger partial charge in [0.15, 0.2) is 0 Å². The van der Waals surface area contributed by atoms with Crippen LogP contribution in [0.4, 0.5) is 17.3 Å². The molecule has 2 aliphatic rings. The van der Waals surface area contributed by atoms with Gasteiger partial charge in [-0.1, -0.05) is 24.3 Å². The van der Waals surface area contributed by atoms with E-state index in [0.717, 1.165) is 62.5 Å². The minimum atomic E-state index is 0.206. The standard InChI is InChI=1S/C25H28N6O/c32-25(31-13-5-7-20-6-1-2-8-22(20)31)18-30-14-10-19(11-15-30)21-16-26-17-24(28-21)29-23-9-3-4-12-27-23/h1-4,6,8-9,12,16-17,19H,5,7,10-11,13-15,18H2,(H,27,28,29). The van der Waals surface area contributed by atoms with Gasteiger partial charge in [0.05, 0.1) is 18.4 Å². The van der Waals surface area contributed by atoms with Crippen molar-refractivity contribution >= 4 is 23.2 Å². The number of hydrogen-bond acceptors (Lipinski definition) is 6. The summed E-state index contributed by atoms with van der Waals surface area (Å²) in [7, 11) is 0. The summed E-state index contributed by atoms with van der Waals surface area (Å²) in [5.74, 6) is 2.03. The van der Waals surface area contributed by atoms with Gasteiger partial charge >= 0.3 is 0 Å². The van der Waals surface area contributed by atoms with E-state index >= 15 is 0 Å². The molecular weight excluding hydrogens is 400 g/mol. The first-order valence-electron chi connectivity index (χ1n) is 11.4. The third-order valence-electron chi connectivity index (χ3n) is 6.35. The molecule has 1 saturated heterocycles. The van der Waals surface area contributed by atoms with Crippen LogP contribution >= 0.6 is 0 Å². The van der Waals surface area contributed by atoms with Crippen LogP contribution in [0.2, 0.25) is 0 Å². The van der Waals surface area contributed by atoms with Crippen LogP contribution in [-0.2, 0) is 11.2 Å². The van der Waals surface area contributed by atoms with Gasteiger partial charge in [0.1, 0.15) is 11.6 Å². The molecule has 7 heteroatoms. The highest BCUT2D eigenvalue weighted by Gasteiger charge is 2.27. The van der Waals surface area contributed by atoms with Crippen LogP contribution in [0.1, 0.15) is 36.4 Å². The number of aryl methyl sites for hydroxylation is 1. The third kappa shape index (κ3) is 4.62. The monoisotopic (exact) mass is 428 g/mol. The Morgan fingerprint density at radius 1 is 1.00 bits per heavy atom. The normalized spacial score (nSPS) is 17.1. The average Bonchev–Trinajstić information content (AvgIpc) is 2.85. The number of hydrogen-bond donors (Lipinski definition) is 1. The maximum atomic E-state index is 13.0. The molecule has 0 radical (unpaired) electrons. The molecule has 1 aromatic carbocycles. The lowest BCUT2D eigenvalue weighted by Crippen LogP contribution is -2.45. The molecule has 0 saturated carbocycles. The smallest absolute Gasteiger partial charge is 0.241 e. The van der Waals surface area contributed by atoms with Crippen LogP contribution in [0.25, 0.3) is 0 Å². The Hall–Kier alpha value is -3.32. The summed E-state index contributed by atoms with van der Waals surface area (Å²) in [5, 5.41) is 3.22. The van der Waals surface area contributed by atoms with Gasteiger partial charge in [0.2, 0.25) is 5.91 Å². The number of benzene rings is 1. The Kier molecular flexibility index (Phi) is 6.07.